The van der Waals surface area contributed by atoms with Crippen molar-refractivity contribution in [2.75, 3.05) is 19.6 Å². The van der Waals surface area contributed by atoms with Crippen LogP contribution in [0.3, 0.4) is 0 Å². The van der Waals surface area contributed by atoms with Crippen LogP contribution < -0.4 is 5.73 Å². The van der Waals surface area contributed by atoms with E-state index in [-0.39, 0.29) is 6.54 Å². The van der Waals surface area contributed by atoms with Crippen molar-refractivity contribution in [3.63, 3.8) is 0 Å². The van der Waals surface area contributed by atoms with Gasteiger partial charge in [-0.15, -0.1) is 0 Å². The number of sulfonamides is 1. The standard InChI is InChI=1S/C12H28N2O2S/c1-5-11(6-2)10-14(8-4)17(15,16)12(7-3)9-13/h11-12H,5-10,13H2,1-4H3. The van der Waals surface area contributed by atoms with E-state index in [0.717, 1.165) is 12.8 Å². The second-order valence-corrected chi connectivity index (χ2v) is 6.66. The molecule has 1 atom stereocenters. The fourth-order valence-electron chi connectivity index (χ4n) is 1.96. The summed E-state index contributed by atoms with van der Waals surface area (Å²) in [5.74, 6) is 0.444. The molecule has 104 valence electrons. The van der Waals surface area contributed by atoms with Crippen LogP contribution in [-0.2, 0) is 10.0 Å². The number of nitrogens with two attached hydrogens (primary N) is 1. The lowest BCUT2D eigenvalue weighted by Crippen LogP contribution is -2.43. The van der Waals surface area contributed by atoms with E-state index in [1.165, 1.54) is 0 Å². The lowest BCUT2D eigenvalue weighted by atomic mass is 10.0. The van der Waals surface area contributed by atoms with Crippen molar-refractivity contribution in [1.29, 1.82) is 0 Å². The first kappa shape index (κ1) is 16.9. The number of hydrogen-bond donors (Lipinski definition) is 1. The van der Waals surface area contributed by atoms with Gasteiger partial charge < -0.3 is 5.73 Å². The Bertz CT molecular complexity index is 283. The van der Waals surface area contributed by atoms with Gasteiger partial charge in [0.2, 0.25) is 10.0 Å². The molecule has 0 fully saturated rings. The molecule has 1 unspecified atom stereocenters. The van der Waals surface area contributed by atoms with Crippen LogP contribution in [0.15, 0.2) is 0 Å². The molecule has 5 heteroatoms. The second kappa shape index (κ2) is 8.06. The fourth-order valence-corrected chi connectivity index (χ4v) is 3.82. The van der Waals surface area contributed by atoms with Gasteiger partial charge in [-0.3, -0.25) is 0 Å². The first-order valence-electron chi connectivity index (χ1n) is 6.66. The maximum atomic E-state index is 12.3. The third-order valence-electron chi connectivity index (χ3n) is 3.47. The van der Waals surface area contributed by atoms with Crippen molar-refractivity contribution in [3.8, 4) is 0 Å². The van der Waals surface area contributed by atoms with Gasteiger partial charge >= 0.3 is 0 Å². The largest absolute Gasteiger partial charge is 0.329 e. The van der Waals surface area contributed by atoms with Crippen molar-refractivity contribution < 1.29 is 8.42 Å². The summed E-state index contributed by atoms with van der Waals surface area (Å²) >= 11 is 0. The average molecular weight is 264 g/mol. The van der Waals surface area contributed by atoms with Gasteiger partial charge in [0.15, 0.2) is 0 Å². The first-order chi connectivity index (χ1) is 7.97. The van der Waals surface area contributed by atoms with Crippen LogP contribution in [0.4, 0.5) is 0 Å². The lowest BCUT2D eigenvalue weighted by molar-refractivity contribution is 0.335. The molecule has 2 N–H and O–H groups in total. The predicted molar refractivity (Wildman–Crippen MR) is 73.4 cm³/mol. The highest BCUT2D eigenvalue weighted by molar-refractivity contribution is 7.89. The van der Waals surface area contributed by atoms with E-state index >= 15 is 0 Å². The molecule has 0 aliphatic rings. The van der Waals surface area contributed by atoms with Crippen LogP contribution in [0.2, 0.25) is 0 Å². The third-order valence-corrected chi connectivity index (χ3v) is 5.96. The van der Waals surface area contributed by atoms with Crippen molar-refractivity contribution in [1.82, 2.24) is 4.31 Å². The Balaban J connectivity index is 4.85. The maximum absolute atomic E-state index is 12.3. The molecule has 17 heavy (non-hydrogen) atoms. The SMILES string of the molecule is CCC(CC)CN(CC)S(=O)(=O)C(CC)CN. The van der Waals surface area contributed by atoms with E-state index in [4.69, 9.17) is 5.73 Å². The summed E-state index contributed by atoms with van der Waals surface area (Å²) in [6, 6.07) is 0. The van der Waals surface area contributed by atoms with E-state index in [9.17, 15) is 8.42 Å². The number of rotatable bonds is 9. The maximum Gasteiger partial charge on any atom is 0.218 e. The van der Waals surface area contributed by atoms with Crippen LogP contribution >= 0.6 is 0 Å². The van der Waals surface area contributed by atoms with Crippen molar-refractivity contribution in [2.45, 2.75) is 52.2 Å². The highest BCUT2D eigenvalue weighted by atomic mass is 32.2. The van der Waals surface area contributed by atoms with Crippen molar-refractivity contribution in [2.24, 2.45) is 11.7 Å². The second-order valence-electron chi connectivity index (χ2n) is 4.44. The highest BCUT2D eigenvalue weighted by Gasteiger charge is 2.29. The van der Waals surface area contributed by atoms with Crippen LogP contribution in [0.1, 0.15) is 47.0 Å². The minimum Gasteiger partial charge on any atom is -0.329 e. The van der Waals surface area contributed by atoms with Gasteiger partial charge in [-0.2, -0.15) is 0 Å². The first-order valence-corrected chi connectivity index (χ1v) is 8.17. The molecule has 0 spiro atoms. The lowest BCUT2D eigenvalue weighted by Gasteiger charge is -2.28. The molecule has 0 aliphatic carbocycles. The molecule has 0 aromatic heterocycles. The molecule has 0 saturated carbocycles. The van der Waals surface area contributed by atoms with E-state index in [2.05, 4.69) is 13.8 Å². The Hall–Kier alpha value is -0.130. The Labute approximate surface area is 107 Å². The summed E-state index contributed by atoms with van der Waals surface area (Å²) in [4.78, 5) is 0. The minimum atomic E-state index is -3.22. The van der Waals surface area contributed by atoms with Gasteiger partial charge in [0, 0.05) is 19.6 Å². The summed E-state index contributed by atoms with van der Waals surface area (Å²) in [7, 11) is -3.22. The van der Waals surface area contributed by atoms with Gasteiger partial charge in [0.25, 0.3) is 0 Å². The molecule has 0 saturated heterocycles. The minimum absolute atomic E-state index is 0.207. The molecular weight excluding hydrogens is 236 g/mol. The summed E-state index contributed by atoms with van der Waals surface area (Å²) in [5.41, 5.74) is 5.55. The summed E-state index contributed by atoms with van der Waals surface area (Å²) in [6.07, 6.45) is 2.61. The zero-order valence-corrected chi connectivity index (χ0v) is 12.5. The van der Waals surface area contributed by atoms with Gasteiger partial charge in [0.05, 0.1) is 5.25 Å². The molecule has 4 nitrogen and oxygen atoms in total. The normalized spacial score (nSPS) is 14.5. The Morgan fingerprint density at radius 2 is 1.59 bits per heavy atom. The summed E-state index contributed by atoms with van der Waals surface area (Å²) in [6.45, 7) is 9.35. The zero-order chi connectivity index (χ0) is 13.5. The third kappa shape index (κ3) is 4.56. The fraction of sp³-hybridized carbons (Fsp3) is 1.00. The van der Waals surface area contributed by atoms with Gasteiger partial charge in [-0.1, -0.05) is 40.5 Å². The molecule has 0 aromatic carbocycles. The van der Waals surface area contributed by atoms with E-state index in [0.29, 0.717) is 25.4 Å². The Morgan fingerprint density at radius 3 is 1.88 bits per heavy atom. The quantitative estimate of drug-likeness (QED) is 0.691. The molecular formula is C12H28N2O2S. The predicted octanol–water partition coefficient (Wildman–Crippen LogP) is 1.81. The Kier molecular flexibility index (Phi) is 8.00. The number of hydrogen-bond acceptors (Lipinski definition) is 3. The van der Waals surface area contributed by atoms with Crippen LogP contribution in [-0.4, -0.2) is 37.6 Å². The van der Waals surface area contributed by atoms with Gasteiger partial charge in [-0.25, -0.2) is 12.7 Å². The summed E-state index contributed by atoms with van der Waals surface area (Å²) < 4.78 is 26.3. The van der Waals surface area contributed by atoms with Gasteiger partial charge in [0.1, 0.15) is 0 Å². The van der Waals surface area contributed by atoms with Gasteiger partial charge in [-0.05, 0) is 12.3 Å². The molecule has 0 aromatic rings. The average Bonchev–Trinajstić information content (AvgIpc) is 2.31. The smallest absolute Gasteiger partial charge is 0.218 e. The molecule has 0 aliphatic heterocycles. The van der Waals surface area contributed by atoms with Crippen LogP contribution in [0.25, 0.3) is 0 Å². The zero-order valence-electron chi connectivity index (χ0n) is 11.6. The topological polar surface area (TPSA) is 63.4 Å². The Morgan fingerprint density at radius 1 is 1.06 bits per heavy atom. The van der Waals surface area contributed by atoms with Crippen LogP contribution in [0, 0.1) is 5.92 Å². The van der Waals surface area contributed by atoms with Crippen molar-refractivity contribution >= 4 is 10.0 Å². The molecule has 0 rings (SSSR count). The van der Waals surface area contributed by atoms with Crippen molar-refractivity contribution in [3.05, 3.63) is 0 Å². The highest BCUT2D eigenvalue weighted by Crippen LogP contribution is 2.17. The summed E-state index contributed by atoms with van der Waals surface area (Å²) in [5, 5.41) is -0.434. The van der Waals surface area contributed by atoms with E-state index in [1.807, 2.05) is 13.8 Å². The van der Waals surface area contributed by atoms with E-state index in [1.54, 1.807) is 4.31 Å². The molecule has 0 heterocycles. The number of nitrogens with zero attached hydrogens (tertiary/aromatic N) is 1. The van der Waals surface area contributed by atoms with E-state index < -0.39 is 15.3 Å². The molecule has 0 radical (unpaired) electrons. The monoisotopic (exact) mass is 264 g/mol. The molecule has 0 bridgehead atoms. The molecule has 0 amide bonds. The van der Waals surface area contributed by atoms with Crippen LogP contribution in [0.5, 0.6) is 0 Å².